The normalized spacial score (nSPS) is 13.9. The highest BCUT2D eigenvalue weighted by atomic mass is 16.5. The van der Waals surface area contributed by atoms with Gasteiger partial charge in [0.05, 0.1) is 18.7 Å². The van der Waals surface area contributed by atoms with Crippen LogP contribution in [-0.4, -0.2) is 60.2 Å². The third-order valence-corrected chi connectivity index (χ3v) is 5.81. The highest BCUT2D eigenvalue weighted by Gasteiger charge is 2.11. The Morgan fingerprint density at radius 3 is 2.63 bits per heavy atom. The number of amides is 1. The van der Waals surface area contributed by atoms with Crippen molar-refractivity contribution in [3.05, 3.63) is 84.7 Å². The molecule has 0 aliphatic carbocycles. The zero-order chi connectivity index (χ0) is 23.9. The number of hydrogen-bond donors (Lipinski definition) is 2. The summed E-state index contributed by atoms with van der Waals surface area (Å²) < 4.78 is 11.6. The van der Waals surface area contributed by atoms with Crippen LogP contribution in [-0.2, 0) is 4.74 Å². The molecule has 2 aromatic heterocycles. The van der Waals surface area contributed by atoms with E-state index in [1.807, 2.05) is 24.3 Å². The molecule has 1 amide bonds. The number of nitrogens with zero attached hydrogens (tertiary/aromatic N) is 3. The third kappa shape index (κ3) is 5.92. The topological polar surface area (TPSA) is 88.6 Å². The van der Waals surface area contributed by atoms with E-state index < -0.39 is 0 Å². The second kappa shape index (κ2) is 10.9. The van der Waals surface area contributed by atoms with Gasteiger partial charge < -0.3 is 20.1 Å². The fourth-order valence-electron chi connectivity index (χ4n) is 3.93. The van der Waals surface area contributed by atoms with Crippen LogP contribution in [0, 0.1) is 0 Å². The summed E-state index contributed by atoms with van der Waals surface area (Å²) in [6, 6.07) is 20.3. The van der Waals surface area contributed by atoms with Crippen molar-refractivity contribution in [2.45, 2.75) is 0 Å². The first-order valence-corrected chi connectivity index (χ1v) is 11.7. The van der Waals surface area contributed by atoms with Crippen LogP contribution >= 0.6 is 0 Å². The zero-order valence-electron chi connectivity index (χ0n) is 19.3. The van der Waals surface area contributed by atoms with Gasteiger partial charge in [0.15, 0.2) is 0 Å². The van der Waals surface area contributed by atoms with Crippen molar-refractivity contribution in [1.29, 1.82) is 0 Å². The number of carbonyl (C=O) groups is 1. The Labute approximate surface area is 203 Å². The van der Waals surface area contributed by atoms with Crippen LogP contribution in [0.4, 0.5) is 11.5 Å². The molecule has 35 heavy (non-hydrogen) atoms. The fraction of sp³-hybridized carbons (Fsp3) is 0.222. The minimum Gasteiger partial charge on any atom is -0.457 e. The Bertz CT molecular complexity index is 1280. The van der Waals surface area contributed by atoms with Crippen molar-refractivity contribution in [1.82, 2.24) is 14.9 Å². The van der Waals surface area contributed by atoms with Gasteiger partial charge in [-0.1, -0.05) is 6.07 Å². The molecule has 1 aliphatic rings. The molecule has 178 valence electrons. The molecule has 8 heteroatoms. The fourth-order valence-corrected chi connectivity index (χ4v) is 3.93. The number of ether oxygens (including phenoxy) is 2. The van der Waals surface area contributed by atoms with Gasteiger partial charge in [-0.05, 0) is 60.7 Å². The van der Waals surface area contributed by atoms with E-state index in [0.29, 0.717) is 22.9 Å². The van der Waals surface area contributed by atoms with Gasteiger partial charge in [-0.3, -0.25) is 14.7 Å². The van der Waals surface area contributed by atoms with Crippen LogP contribution in [0.25, 0.3) is 10.9 Å². The number of anilines is 2. The molecule has 0 bridgehead atoms. The minimum absolute atomic E-state index is 0.225. The predicted molar refractivity (Wildman–Crippen MR) is 136 cm³/mol. The summed E-state index contributed by atoms with van der Waals surface area (Å²) in [5.41, 5.74) is 2.40. The van der Waals surface area contributed by atoms with Gasteiger partial charge in [-0.2, -0.15) is 0 Å². The standard InChI is InChI=1S/C27H27N5O3/c33-27(31-26-3-1-2-11-30-26)20-4-7-22(8-5-20)35-25-10-12-29-24-9-6-21(19-23(24)25)28-13-14-32-15-17-34-18-16-32/h1-12,19,28H,13-18H2,(H,30,31,33). The van der Waals surface area contributed by atoms with Gasteiger partial charge in [0.2, 0.25) is 0 Å². The van der Waals surface area contributed by atoms with Gasteiger partial charge in [-0.15, -0.1) is 0 Å². The van der Waals surface area contributed by atoms with E-state index in [1.165, 1.54) is 0 Å². The second-order valence-electron chi connectivity index (χ2n) is 8.22. The minimum atomic E-state index is -0.225. The van der Waals surface area contributed by atoms with Crippen LogP contribution in [0.3, 0.4) is 0 Å². The molecule has 0 unspecified atom stereocenters. The van der Waals surface area contributed by atoms with E-state index in [-0.39, 0.29) is 5.91 Å². The number of nitrogens with one attached hydrogen (secondary N) is 2. The van der Waals surface area contributed by atoms with Crippen molar-refractivity contribution in [2.24, 2.45) is 0 Å². The Morgan fingerprint density at radius 2 is 1.83 bits per heavy atom. The number of aromatic nitrogens is 2. The first-order chi connectivity index (χ1) is 17.2. The average molecular weight is 470 g/mol. The van der Waals surface area contributed by atoms with Crippen LogP contribution in [0.15, 0.2) is 79.1 Å². The van der Waals surface area contributed by atoms with Crippen LogP contribution < -0.4 is 15.4 Å². The van der Waals surface area contributed by atoms with Gasteiger partial charge in [0, 0.05) is 55.2 Å². The van der Waals surface area contributed by atoms with E-state index in [1.54, 1.807) is 48.8 Å². The smallest absolute Gasteiger partial charge is 0.256 e. The number of carbonyl (C=O) groups excluding carboxylic acids is 1. The summed E-state index contributed by atoms with van der Waals surface area (Å²) in [4.78, 5) is 23.5. The van der Waals surface area contributed by atoms with E-state index >= 15 is 0 Å². The van der Waals surface area contributed by atoms with E-state index in [9.17, 15) is 4.79 Å². The molecule has 5 rings (SSSR count). The number of fused-ring (bicyclic) bond motifs is 1. The number of pyridine rings is 2. The molecule has 8 nitrogen and oxygen atoms in total. The van der Waals surface area contributed by atoms with E-state index in [4.69, 9.17) is 9.47 Å². The van der Waals surface area contributed by atoms with E-state index in [0.717, 1.165) is 56.0 Å². The SMILES string of the molecule is O=C(Nc1ccccn1)c1ccc(Oc2ccnc3ccc(NCCN4CCOCC4)cc23)cc1. The third-order valence-electron chi connectivity index (χ3n) is 5.81. The molecule has 1 aliphatic heterocycles. The molecule has 0 spiro atoms. The summed E-state index contributed by atoms with van der Waals surface area (Å²) in [7, 11) is 0. The Morgan fingerprint density at radius 1 is 0.971 bits per heavy atom. The summed E-state index contributed by atoms with van der Waals surface area (Å²) in [6.07, 6.45) is 3.37. The lowest BCUT2D eigenvalue weighted by Gasteiger charge is -2.26. The molecule has 1 fully saturated rings. The maximum Gasteiger partial charge on any atom is 0.256 e. The molecular formula is C27H27N5O3. The maximum absolute atomic E-state index is 12.5. The summed E-state index contributed by atoms with van der Waals surface area (Å²) in [5, 5.41) is 7.20. The van der Waals surface area contributed by atoms with Gasteiger partial charge in [0.1, 0.15) is 17.3 Å². The lowest BCUT2D eigenvalue weighted by molar-refractivity contribution is 0.0398. The lowest BCUT2D eigenvalue weighted by Crippen LogP contribution is -2.38. The molecule has 0 atom stereocenters. The lowest BCUT2D eigenvalue weighted by atomic mass is 10.1. The zero-order valence-corrected chi connectivity index (χ0v) is 19.3. The Balaban J connectivity index is 1.25. The quantitative estimate of drug-likeness (QED) is 0.395. The van der Waals surface area contributed by atoms with Crippen molar-refractivity contribution in [2.75, 3.05) is 50.0 Å². The molecule has 4 aromatic rings. The monoisotopic (exact) mass is 469 g/mol. The molecule has 0 saturated carbocycles. The van der Waals surface area contributed by atoms with Crippen molar-refractivity contribution >= 4 is 28.3 Å². The van der Waals surface area contributed by atoms with Crippen molar-refractivity contribution in [3.63, 3.8) is 0 Å². The highest BCUT2D eigenvalue weighted by Crippen LogP contribution is 2.31. The molecule has 2 aromatic carbocycles. The number of morpholine rings is 1. The van der Waals surface area contributed by atoms with Gasteiger partial charge in [0.25, 0.3) is 5.91 Å². The number of hydrogen-bond acceptors (Lipinski definition) is 7. The van der Waals surface area contributed by atoms with Gasteiger partial charge in [-0.25, -0.2) is 4.98 Å². The largest absolute Gasteiger partial charge is 0.457 e. The van der Waals surface area contributed by atoms with Crippen molar-refractivity contribution in [3.8, 4) is 11.5 Å². The molecule has 2 N–H and O–H groups in total. The first-order valence-electron chi connectivity index (χ1n) is 11.7. The highest BCUT2D eigenvalue weighted by molar-refractivity contribution is 6.03. The summed E-state index contributed by atoms with van der Waals surface area (Å²) in [5.74, 6) is 1.63. The Kier molecular flexibility index (Phi) is 7.12. The summed E-state index contributed by atoms with van der Waals surface area (Å²) >= 11 is 0. The van der Waals surface area contributed by atoms with Crippen molar-refractivity contribution < 1.29 is 14.3 Å². The number of rotatable bonds is 8. The summed E-state index contributed by atoms with van der Waals surface area (Å²) in [6.45, 7) is 5.38. The van der Waals surface area contributed by atoms with E-state index in [2.05, 4.69) is 31.6 Å². The second-order valence-corrected chi connectivity index (χ2v) is 8.22. The molecule has 0 radical (unpaired) electrons. The molecule has 3 heterocycles. The predicted octanol–water partition coefficient (Wildman–Crippen LogP) is 4.42. The maximum atomic E-state index is 12.5. The number of benzene rings is 2. The Hall–Kier alpha value is -4.01. The van der Waals surface area contributed by atoms with Crippen LogP contribution in [0.2, 0.25) is 0 Å². The van der Waals surface area contributed by atoms with Crippen LogP contribution in [0.1, 0.15) is 10.4 Å². The molecular weight excluding hydrogens is 442 g/mol. The van der Waals surface area contributed by atoms with Gasteiger partial charge >= 0.3 is 0 Å². The first kappa shape index (κ1) is 22.8. The molecule has 1 saturated heterocycles. The van der Waals surface area contributed by atoms with Crippen LogP contribution in [0.5, 0.6) is 11.5 Å². The average Bonchev–Trinajstić information content (AvgIpc) is 2.90.